The van der Waals surface area contributed by atoms with Crippen LogP contribution in [0.1, 0.15) is 77.7 Å². The van der Waals surface area contributed by atoms with E-state index in [1.54, 1.807) is 6.92 Å². The Kier molecular flexibility index (Phi) is 13.4. The van der Waals surface area contributed by atoms with Gasteiger partial charge in [-0.3, -0.25) is 0 Å². The minimum atomic E-state index is -0.294. The van der Waals surface area contributed by atoms with Crippen molar-refractivity contribution in [1.82, 2.24) is 5.32 Å². The third kappa shape index (κ3) is 12.6. The molecule has 1 aromatic carbocycles. The zero-order valence-corrected chi connectivity index (χ0v) is 18.6. The van der Waals surface area contributed by atoms with Gasteiger partial charge in [-0.1, -0.05) is 69.9 Å². The number of ether oxygens (including phenoxy) is 1. The molecule has 4 atom stereocenters. The van der Waals surface area contributed by atoms with Gasteiger partial charge in [-0.25, -0.2) is 4.79 Å². The van der Waals surface area contributed by atoms with Crippen molar-refractivity contribution in [3.63, 3.8) is 0 Å². The number of amides is 1. The summed E-state index contributed by atoms with van der Waals surface area (Å²) in [5, 5.41) is 10.5. The lowest BCUT2D eigenvalue weighted by Gasteiger charge is -2.27. The fraction of sp³-hybridized carbons (Fsp3) is 0.708. The molecule has 1 amide bonds. The Labute approximate surface area is 177 Å². The van der Waals surface area contributed by atoms with Crippen LogP contribution in [0.4, 0.5) is 4.79 Å². The summed E-state index contributed by atoms with van der Waals surface area (Å²) in [5.74, 6) is 1.59. The first-order chi connectivity index (χ1) is 13.9. The molecule has 2 fully saturated rings. The minimum Gasteiger partial charge on any atom is -0.445 e. The van der Waals surface area contributed by atoms with Crippen LogP contribution in [-0.2, 0) is 11.3 Å². The molecule has 0 bridgehead atoms. The molecule has 3 rings (SSSR count). The molecular weight excluding hydrogens is 364 g/mol. The zero-order valence-electron chi connectivity index (χ0n) is 18.6. The van der Waals surface area contributed by atoms with Crippen molar-refractivity contribution in [2.24, 2.45) is 17.6 Å². The second-order valence-electron chi connectivity index (χ2n) is 8.52. The SMILES string of the molecule is CCO.C[C@H]1CCC[C@@H](N)C1.C[C@H]1CCC[C@@H](NC(=O)OCc2ccccc2)C1. The van der Waals surface area contributed by atoms with Crippen LogP contribution >= 0.6 is 0 Å². The molecule has 0 spiro atoms. The summed E-state index contributed by atoms with van der Waals surface area (Å²) < 4.78 is 5.22. The molecule has 2 saturated carbocycles. The van der Waals surface area contributed by atoms with E-state index in [0.29, 0.717) is 18.6 Å². The number of carbonyl (C=O) groups is 1. The third-order valence-electron chi connectivity index (χ3n) is 5.45. The van der Waals surface area contributed by atoms with E-state index in [1.165, 1.54) is 38.5 Å². The van der Waals surface area contributed by atoms with E-state index in [2.05, 4.69) is 19.2 Å². The van der Waals surface area contributed by atoms with Crippen molar-refractivity contribution >= 4 is 6.09 Å². The van der Waals surface area contributed by atoms with Gasteiger partial charge in [-0.05, 0) is 50.0 Å². The van der Waals surface area contributed by atoms with Crippen LogP contribution in [0.25, 0.3) is 0 Å². The van der Waals surface area contributed by atoms with Crippen LogP contribution in [-0.4, -0.2) is 29.9 Å². The van der Waals surface area contributed by atoms with Crippen molar-refractivity contribution in [1.29, 1.82) is 0 Å². The van der Waals surface area contributed by atoms with Gasteiger partial charge in [0.15, 0.2) is 0 Å². The highest BCUT2D eigenvalue weighted by Gasteiger charge is 2.20. The van der Waals surface area contributed by atoms with Crippen LogP contribution in [0.3, 0.4) is 0 Å². The summed E-state index contributed by atoms with van der Waals surface area (Å²) in [4.78, 5) is 11.7. The van der Waals surface area contributed by atoms with Gasteiger partial charge in [0.25, 0.3) is 0 Å². The maximum atomic E-state index is 11.7. The van der Waals surface area contributed by atoms with E-state index in [4.69, 9.17) is 15.6 Å². The van der Waals surface area contributed by atoms with E-state index in [1.807, 2.05) is 30.3 Å². The standard InChI is InChI=1S/C15H21NO2.C7H15N.C2H6O/c1-12-6-5-9-14(10-12)16-15(17)18-11-13-7-3-2-4-8-13;1-6-3-2-4-7(8)5-6;1-2-3/h2-4,7-8,12,14H,5-6,9-11H2,1H3,(H,16,17);6-7H,2-5,8H2,1H3;3H,2H2,1H3/t12-,14+;6-,7+;/m00./s1. The molecule has 1 aromatic rings. The quantitative estimate of drug-likeness (QED) is 0.658. The fourth-order valence-corrected chi connectivity index (χ4v) is 3.98. The molecule has 0 aromatic heterocycles. The van der Waals surface area contributed by atoms with E-state index in [-0.39, 0.29) is 18.7 Å². The number of benzene rings is 1. The van der Waals surface area contributed by atoms with Gasteiger partial charge in [0.05, 0.1) is 0 Å². The highest BCUT2D eigenvalue weighted by molar-refractivity contribution is 5.67. The topological polar surface area (TPSA) is 84.6 Å². The van der Waals surface area contributed by atoms with Crippen molar-refractivity contribution in [2.45, 2.75) is 90.8 Å². The normalized spacial score (nSPS) is 26.1. The van der Waals surface area contributed by atoms with Crippen LogP contribution in [0.2, 0.25) is 0 Å². The maximum Gasteiger partial charge on any atom is 0.407 e. The number of aliphatic hydroxyl groups is 1. The van der Waals surface area contributed by atoms with Crippen molar-refractivity contribution < 1.29 is 14.6 Å². The van der Waals surface area contributed by atoms with Crippen LogP contribution in [0.5, 0.6) is 0 Å². The summed E-state index contributed by atoms with van der Waals surface area (Å²) in [5.41, 5.74) is 6.74. The van der Waals surface area contributed by atoms with Crippen LogP contribution < -0.4 is 11.1 Å². The summed E-state index contributed by atoms with van der Waals surface area (Å²) in [7, 11) is 0. The minimum absolute atomic E-state index is 0.250. The number of aliphatic hydroxyl groups excluding tert-OH is 1. The average molecular weight is 407 g/mol. The average Bonchev–Trinajstić information content (AvgIpc) is 2.68. The van der Waals surface area contributed by atoms with Crippen LogP contribution in [0.15, 0.2) is 30.3 Å². The van der Waals surface area contributed by atoms with Gasteiger partial charge in [0.2, 0.25) is 0 Å². The molecule has 5 nitrogen and oxygen atoms in total. The number of rotatable bonds is 3. The predicted octanol–water partition coefficient (Wildman–Crippen LogP) is 5.01. The molecule has 0 unspecified atom stereocenters. The number of nitrogens with one attached hydrogen (secondary N) is 1. The first-order valence-electron chi connectivity index (χ1n) is 11.3. The largest absolute Gasteiger partial charge is 0.445 e. The smallest absolute Gasteiger partial charge is 0.407 e. The highest BCUT2D eigenvalue weighted by Crippen LogP contribution is 2.23. The molecule has 5 heteroatoms. The first kappa shape index (κ1) is 25.4. The number of nitrogens with two attached hydrogens (primary N) is 1. The van der Waals surface area contributed by atoms with Crippen molar-refractivity contribution in [3.05, 3.63) is 35.9 Å². The number of alkyl carbamates (subject to hydrolysis) is 1. The van der Waals surface area contributed by atoms with Gasteiger partial charge < -0.3 is 20.9 Å². The zero-order chi connectivity index (χ0) is 21.5. The Balaban J connectivity index is 0.000000317. The second-order valence-corrected chi connectivity index (χ2v) is 8.52. The molecular formula is C24H42N2O3. The lowest BCUT2D eigenvalue weighted by Crippen LogP contribution is -2.38. The molecule has 0 saturated heterocycles. The van der Waals surface area contributed by atoms with Crippen molar-refractivity contribution in [2.75, 3.05) is 6.61 Å². The number of hydrogen-bond acceptors (Lipinski definition) is 4. The van der Waals surface area contributed by atoms with Gasteiger partial charge in [-0.2, -0.15) is 0 Å². The summed E-state index contributed by atoms with van der Waals surface area (Å²) in [6.45, 7) is 6.80. The lowest BCUT2D eigenvalue weighted by atomic mass is 9.87. The third-order valence-corrected chi connectivity index (χ3v) is 5.45. The monoisotopic (exact) mass is 406 g/mol. The highest BCUT2D eigenvalue weighted by atomic mass is 16.5. The Hall–Kier alpha value is -1.59. The molecule has 2 aliphatic rings. The fourth-order valence-electron chi connectivity index (χ4n) is 3.98. The van der Waals surface area contributed by atoms with Gasteiger partial charge in [0.1, 0.15) is 6.61 Å². The Bertz CT molecular complexity index is 530. The summed E-state index contributed by atoms with van der Waals surface area (Å²) in [6.07, 6.45) is 9.58. The maximum absolute atomic E-state index is 11.7. The summed E-state index contributed by atoms with van der Waals surface area (Å²) in [6, 6.07) is 10.5. The lowest BCUT2D eigenvalue weighted by molar-refractivity contribution is 0.131. The molecule has 2 aliphatic carbocycles. The second kappa shape index (κ2) is 15.3. The van der Waals surface area contributed by atoms with Crippen molar-refractivity contribution in [3.8, 4) is 0 Å². The molecule has 0 radical (unpaired) electrons. The Morgan fingerprint density at radius 2 is 1.66 bits per heavy atom. The summed E-state index contributed by atoms with van der Waals surface area (Å²) >= 11 is 0. The van der Waals surface area contributed by atoms with E-state index in [9.17, 15) is 4.79 Å². The molecule has 0 heterocycles. The Morgan fingerprint density at radius 3 is 2.17 bits per heavy atom. The molecule has 166 valence electrons. The van der Waals surface area contributed by atoms with Gasteiger partial charge in [0, 0.05) is 18.7 Å². The molecule has 4 N–H and O–H groups in total. The van der Waals surface area contributed by atoms with E-state index < -0.39 is 0 Å². The van der Waals surface area contributed by atoms with Gasteiger partial charge >= 0.3 is 6.09 Å². The number of hydrogen-bond donors (Lipinski definition) is 3. The first-order valence-corrected chi connectivity index (χ1v) is 11.3. The molecule has 0 aliphatic heterocycles. The predicted molar refractivity (Wildman–Crippen MR) is 120 cm³/mol. The Morgan fingerprint density at radius 1 is 1.07 bits per heavy atom. The molecule has 29 heavy (non-hydrogen) atoms. The van der Waals surface area contributed by atoms with E-state index >= 15 is 0 Å². The van der Waals surface area contributed by atoms with Crippen LogP contribution in [0, 0.1) is 11.8 Å². The van der Waals surface area contributed by atoms with E-state index in [0.717, 1.165) is 24.3 Å². The number of carbonyl (C=O) groups excluding carboxylic acids is 1. The van der Waals surface area contributed by atoms with Gasteiger partial charge in [-0.15, -0.1) is 0 Å².